The van der Waals surface area contributed by atoms with Crippen LogP contribution in [0, 0.1) is 11.3 Å². The van der Waals surface area contributed by atoms with E-state index in [4.69, 9.17) is 0 Å². The first-order valence-corrected chi connectivity index (χ1v) is 12.3. The number of amides is 2. The third kappa shape index (κ3) is 5.14. The number of benzene rings is 1. The number of piperidine rings is 1. The lowest BCUT2D eigenvalue weighted by Gasteiger charge is -2.43. The normalized spacial score (nSPS) is 17.2. The van der Waals surface area contributed by atoms with Crippen molar-refractivity contribution in [2.75, 3.05) is 31.2 Å². The summed E-state index contributed by atoms with van der Waals surface area (Å²) in [6.07, 6.45) is -2.91. The number of Topliss-reactive ketones (excluding diaryl/α,β-unsaturated/α-hetero) is 1. The number of hydrogen-bond acceptors (Lipinski definition) is 7. The van der Waals surface area contributed by atoms with Gasteiger partial charge in [-0.1, -0.05) is 6.07 Å². The average Bonchev–Trinajstić information content (AvgIpc) is 3.50. The molecule has 1 aromatic carbocycles. The summed E-state index contributed by atoms with van der Waals surface area (Å²) in [6, 6.07) is 10.4. The van der Waals surface area contributed by atoms with E-state index in [2.05, 4.69) is 21.3 Å². The van der Waals surface area contributed by atoms with Gasteiger partial charge in [0.25, 0.3) is 5.91 Å². The van der Waals surface area contributed by atoms with Crippen LogP contribution in [-0.4, -0.2) is 80.6 Å². The van der Waals surface area contributed by atoms with Gasteiger partial charge in [-0.3, -0.25) is 19.5 Å². The summed E-state index contributed by atoms with van der Waals surface area (Å²) >= 11 is 0. The number of likely N-dealkylation sites (tertiary alicyclic amines) is 1. The quantitative estimate of drug-likeness (QED) is 0.510. The highest BCUT2D eigenvalue weighted by molar-refractivity contribution is 5.99. The van der Waals surface area contributed by atoms with Crippen LogP contribution in [0.4, 0.5) is 18.9 Å². The third-order valence-electron chi connectivity index (χ3n) is 7.27. The van der Waals surface area contributed by atoms with Gasteiger partial charge in [0, 0.05) is 36.8 Å². The number of H-pyrrole nitrogens is 1. The van der Waals surface area contributed by atoms with Gasteiger partial charge in [-0.05, 0) is 37.1 Å². The second kappa shape index (κ2) is 10.0. The molecule has 202 valence electrons. The van der Waals surface area contributed by atoms with E-state index in [1.54, 1.807) is 46.3 Å². The van der Waals surface area contributed by atoms with Crippen LogP contribution in [0.15, 0.2) is 42.7 Å². The molecule has 1 spiro atoms. The van der Waals surface area contributed by atoms with Crippen molar-refractivity contribution < 1.29 is 27.6 Å². The van der Waals surface area contributed by atoms with E-state index in [1.807, 2.05) is 0 Å². The highest BCUT2D eigenvalue weighted by atomic mass is 19.4. The largest absolute Gasteiger partial charge is 0.389 e. The van der Waals surface area contributed by atoms with Crippen molar-refractivity contribution in [1.82, 2.24) is 25.0 Å². The molecule has 39 heavy (non-hydrogen) atoms. The number of aromatic nitrogens is 3. The summed E-state index contributed by atoms with van der Waals surface area (Å²) in [5.41, 5.74) is 0.794. The molecule has 1 N–H and O–H groups in total. The second-order valence-electron chi connectivity index (χ2n) is 9.74. The van der Waals surface area contributed by atoms with Crippen molar-refractivity contribution in [3.8, 4) is 6.07 Å². The fraction of sp³-hybridized carbons (Fsp3) is 0.385. The zero-order valence-electron chi connectivity index (χ0n) is 20.7. The Morgan fingerprint density at radius 2 is 1.92 bits per heavy atom. The Morgan fingerprint density at radius 1 is 1.15 bits per heavy atom. The molecule has 5 rings (SSSR count). The maximum atomic E-state index is 13.7. The van der Waals surface area contributed by atoms with Crippen molar-refractivity contribution in [2.45, 2.75) is 37.4 Å². The summed E-state index contributed by atoms with van der Waals surface area (Å²) in [7, 11) is 0. The molecule has 2 aromatic heterocycles. The number of carbonyl (C=O) groups is 3. The standard InChI is InChI=1S/C26H24F3N7O3/c27-26(28,29)5-4-21(37)15-35-16-36(20-3-1-2-17(10-20)12-30)25(24(35)39)6-8-34(9-7-25)23(38)19-11-18-14-32-33-22(18)31-13-19/h1-3,10-11,13-14H,4-9,15-16H2,(H,31,32,33). The number of pyridine rings is 1. The van der Waals surface area contributed by atoms with Crippen LogP contribution >= 0.6 is 0 Å². The van der Waals surface area contributed by atoms with Crippen molar-refractivity contribution in [2.24, 2.45) is 0 Å². The van der Waals surface area contributed by atoms with Crippen molar-refractivity contribution in [3.63, 3.8) is 0 Å². The molecular weight excluding hydrogens is 515 g/mol. The molecule has 0 radical (unpaired) electrons. The van der Waals surface area contributed by atoms with Crippen molar-refractivity contribution >= 4 is 34.3 Å². The van der Waals surface area contributed by atoms with Gasteiger partial charge < -0.3 is 14.7 Å². The highest BCUT2D eigenvalue weighted by Gasteiger charge is 2.54. The highest BCUT2D eigenvalue weighted by Crippen LogP contribution is 2.40. The van der Waals surface area contributed by atoms with Crippen LogP contribution in [-0.2, 0) is 9.59 Å². The van der Waals surface area contributed by atoms with E-state index in [0.717, 1.165) is 0 Å². The Bertz CT molecular complexity index is 1470. The molecule has 10 nitrogen and oxygen atoms in total. The number of aromatic amines is 1. The summed E-state index contributed by atoms with van der Waals surface area (Å²) in [6.45, 7) is 0.0151. The van der Waals surface area contributed by atoms with Crippen LogP contribution in [0.2, 0.25) is 0 Å². The smallest absolute Gasteiger partial charge is 0.339 e. The molecule has 2 amide bonds. The minimum atomic E-state index is -4.47. The number of nitrogens with one attached hydrogen (secondary N) is 1. The van der Waals surface area contributed by atoms with Crippen LogP contribution in [0.25, 0.3) is 11.0 Å². The van der Waals surface area contributed by atoms with Gasteiger partial charge >= 0.3 is 6.18 Å². The van der Waals surface area contributed by atoms with Crippen LogP contribution < -0.4 is 4.90 Å². The molecule has 4 heterocycles. The van der Waals surface area contributed by atoms with Gasteiger partial charge in [-0.25, -0.2) is 4.98 Å². The third-order valence-corrected chi connectivity index (χ3v) is 7.27. The van der Waals surface area contributed by atoms with Gasteiger partial charge in [-0.15, -0.1) is 0 Å². The lowest BCUT2D eigenvalue weighted by Crippen LogP contribution is -2.57. The molecule has 13 heteroatoms. The van der Waals surface area contributed by atoms with E-state index >= 15 is 0 Å². The predicted molar refractivity (Wildman–Crippen MR) is 132 cm³/mol. The van der Waals surface area contributed by atoms with E-state index in [-0.39, 0.29) is 44.4 Å². The van der Waals surface area contributed by atoms with Gasteiger partial charge in [0.1, 0.15) is 5.54 Å². The fourth-order valence-electron chi connectivity index (χ4n) is 5.25. The Kier molecular flexibility index (Phi) is 6.71. The minimum Gasteiger partial charge on any atom is -0.339 e. The Morgan fingerprint density at radius 3 is 2.64 bits per heavy atom. The SMILES string of the molecule is N#Cc1cccc(N2CN(CC(=O)CCC(F)(F)F)C(=O)C23CCN(C(=O)c2cnc4[nH]ncc4c2)CC3)c1. The topological polar surface area (TPSA) is 126 Å². The van der Waals surface area contributed by atoms with E-state index in [9.17, 15) is 32.8 Å². The molecule has 2 aliphatic heterocycles. The number of nitriles is 1. The molecule has 0 unspecified atom stereocenters. The predicted octanol–water partition coefficient (Wildman–Crippen LogP) is 3.02. The number of anilines is 1. The van der Waals surface area contributed by atoms with E-state index < -0.39 is 36.9 Å². The van der Waals surface area contributed by atoms with Gasteiger partial charge in [0.2, 0.25) is 5.91 Å². The molecule has 0 saturated carbocycles. The maximum Gasteiger partial charge on any atom is 0.389 e. The van der Waals surface area contributed by atoms with Crippen LogP contribution in [0.5, 0.6) is 0 Å². The van der Waals surface area contributed by atoms with E-state index in [1.165, 1.54) is 11.1 Å². The molecular formula is C26H24F3N7O3. The first-order chi connectivity index (χ1) is 18.6. The van der Waals surface area contributed by atoms with Crippen LogP contribution in [0.1, 0.15) is 41.6 Å². The zero-order valence-corrected chi connectivity index (χ0v) is 20.7. The number of fused-ring (bicyclic) bond motifs is 1. The first-order valence-electron chi connectivity index (χ1n) is 12.3. The van der Waals surface area contributed by atoms with Crippen molar-refractivity contribution in [1.29, 1.82) is 5.26 Å². The minimum absolute atomic E-state index is 0.0134. The monoisotopic (exact) mass is 539 g/mol. The second-order valence-corrected chi connectivity index (χ2v) is 9.74. The Labute approximate surface area is 221 Å². The average molecular weight is 540 g/mol. The molecule has 3 aromatic rings. The van der Waals surface area contributed by atoms with Gasteiger partial charge in [0.15, 0.2) is 11.4 Å². The summed E-state index contributed by atoms with van der Waals surface area (Å²) in [4.78, 5) is 48.2. The van der Waals surface area contributed by atoms with E-state index in [0.29, 0.717) is 27.8 Å². The molecule has 2 saturated heterocycles. The molecule has 0 aliphatic carbocycles. The number of rotatable bonds is 6. The first kappa shape index (κ1) is 26.1. The lowest BCUT2D eigenvalue weighted by atomic mass is 9.85. The fourth-order valence-corrected chi connectivity index (χ4v) is 5.25. The summed E-state index contributed by atoms with van der Waals surface area (Å²) in [5, 5.41) is 16.7. The molecule has 2 aliphatic rings. The number of halogens is 3. The van der Waals surface area contributed by atoms with Gasteiger partial charge in [0.05, 0.1) is 43.0 Å². The molecule has 0 atom stereocenters. The van der Waals surface area contributed by atoms with Crippen LogP contribution in [0.3, 0.4) is 0 Å². The number of carbonyl (C=O) groups excluding carboxylic acids is 3. The number of hydrogen-bond donors (Lipinski definition) is 1. The number of ketones is 1. The Balaban J connectivity index is 1.37. The lowest BCUT2D eigenvalue weighted by molar-refractivity contribution is -0.145. The summed E-state index contributed by atoms with van der Waals surface area (Å²) < 4.78 is 37.9. The number of nitrogens with zero attached hydrogens (tertiary/aromatic N) is 6. The molecule has 0 bridgehead atoms. The molecule has 2 fully saturated rings. The van der Waals surface area contributed by atoms with Gasteiger partial charge in [-0.2, -0.15) is 23.5 Å². The summed E-state index contributed by atoms with van der Waals surface area (Å²) in [5.74, 6) is -1.31. The zero-order chi connectivity index (χ0) is 27.8. The number of alkyl halides is 3. The maximum absolute atomic E-state index is 13.7. The van der Waals surface area contributed by atoms with Crippen molar-refractivity contribution in [3.05, 3.63) is 53.9 Å². The Hall–Kier alpha value is -4.47.